The van der Waals surface area contributed by atoms with Crippen molar-refractivity contribution in [2.75, 3.05) is 39.4 Å². The number of benzene rings is 1. The van der Waals surface area contributed by atoms with Gasteiger partial charge in [-0.2, -0.15) is 0 Å². The first-order valence-electron chi connectivity index (χ1n) is 9.90. The molecule has 0 aliphatic carbocycles. The number of ether oxygens (including phenoxy) is 1. The third-order valence-corrected chi connectivity index (χ3v) is 5.79. The molecule has 4 nitrogen and oxygen atoms in total. The Hall–Kier alpha value is -1.55. The number of nitrogens with one attached hydrogen (secondary N) is 1. The minimum Gasteiger partial charge on any atom is -0.381 e. The second-order valence-corrected chi connectivity index (χ2v) is 7.60. The molecule has 0 atom stereocenters. The van der Waals surface area contributed by atoms with Crippen LogP contribution in [0.25, 0.3) is 0 Å². The van der Waals surface area contributed by atoms with Gasteiger partial charge in [0.05, 0.1) is 6.54 Å². The third-order valence-electron chi connectivity index (χ3n) is 5.79. The first-order valence-corrected chi connectivity index (χ1v) is 9.90. The average Bonchev–Trinajstić information content (AvgIpc) is 2.67. The van der Waals surface area contributed by atoms with E-state index >= 15 is 0 Å². The van der Waals surface area contributed by atoms with E-state index in [2.05, 4.69) is 54.4 Å². The summed E-state index contributed by atoms with van der Waals surface area (Å²) in [6.07, 6.45) is 4.64. The molecule has 0 amide bonds. The van der Waals surface area contributed by atoms with Gasteiger partial charge in [-0.3, -0.25) is 4.99 Å². The Morgan fingerprint density at radius 1 is 1.20 bits per heavy atom. The lowest BCUT2D eigenvalue weighted by molar-refractivity contribution is 0.0530. The van der Waals surface area contributed by atoms with Crippen molar-refractivity contribution in [3.63, 3.8) is 0 Å². The molecule has 2 fully saturated rings. The Morgan fingerprint density at radius 2 is 1.88 bits per heavy atom. The van der Waals surface area contributed by atoms with E-state index in [1.165, 1.54) is 18.4 Å². The van der Waals surface area contributed by atoms with Gasteiger partial charge in [0.25, 0.3) is 0 Å². The van der Waals surface area contributed by atoms with Gasteiger partial charge in [-0.05, 0) is 44.1 Å². The van der Waals surface area contributed by atoms with Crippen molar-refractivity contribution in [2.45, 2.75) is 44.9 Å². The average molecular weight is 344 g/mol. The zero-order chi connectivity index (χ0) is 17.5. The number of likely N-dealkylation sites (tertiary alicyclic amines) is 1. The summed E-state index contributed by atoms with van der Waals surface area (Å²) in [6.45, 7) is 10.2. The Morgan fingerprint density at radius 3 is 2.52 bits per heavy atom. The van der Waals surface area contributed by atoms with E-state index in [1.807, 2.05) is 0 Å². The van der Waals surface area contributed by atoms with Gasteiger partial charge in [-0.1, -0.05) is 37.3 Å². The van der Waals surface area contributed by atoms with E-state index < -0.39 is 0 Å². The number of hydrogen-bond acceptors (Lipinski definition) is 2. The van der Waals surface area contributed by atoms with E-state index in [-0.39, 0.29) is 5.41 Å². The lowest BCUT2D eigenvalue weighted by Crippen LogP contribution is -2.46. The Balaban J connectivity index is 1.78. The molecule has 1 aromatic carbocycles. The highest BCUT2D eigenvalue weighted by Crippen LogP contribution is 2.35. The first-order chi connectivity index (χ1) is 12.2. The van der Waals surface area contributed by atoms with Gasteiger partial charge in [0.2, 0.25) is 0 Å². The quantitative estimate of drug-likeness (QED) is 0.672. The summed E-state index contributed by atoms with van der Waals surface area (Å²) in [5, 5.41) is 3.52. The molecule has 138 valence electrons. The van der Waals surface area contributed by atoms with Crippen molar-refractivity contribution in [1.82, 2.24) is 10.2 Å². The van der Waals surface area contributed by atoms with Crippen molar-refractivity contribution in [2.24, 2.45) is 10.9 Å². The Labute approximate surface area is 152 Å². The van der Waals surface area contributed by atoms with Crippen molar-refractivity contribution >= 4 is 5.96 Å². The highest BCUT2D eigenvalue weighted by molar-refractivity contribution is 5.80. The normalized spacial score (nSPS) is 22.0. The summed E-state index contributed by atoms with van der Waals surface area (Å²) >= 11 is 0. The largest absolute Gasteiger partial charge is 0.381 e. The highest BCUT2D eigenvalue weighted by atomic mass is 16.5. The van der Waals surface area contributed by atoms with E-state index in [1.54, 1.807) is 0 Å². The molecule has 2 saturated heterocycles. The van der Waals surface area contributed by atoms with Gasteiger partial charge < -0.3 is 15.0 Å². The fourth-order valence-corrected chi connectivity index (χ4v) is 3.96. The predicted molar refractivity (Wildman–Crippen MR) is 104 cm³/mol. The van der Waals surface area contributed by atoms with E-state index in [4.69, 9.17) is 9.73 Å². The van der Waals surface area contributed by atoms with Crippen LogP contribution in [0.3, 0.4) is 0 Å². The molecular formula is C21H33N3O. The highest BCUT2D eigenvalue weighted by Gasteiger charge is 2.34. The lowest BCUT2D eigenvalue weighted by Gasteiger charge is -2.38. The van der Waals surface area contributed by atoms with Gasteiger partial charge in [-0.25, -0.2) is 0 Å². The molecule has 0 bridgehead atoms. The van der Waals surface area contributed by atoms with Crippen molar-refractivity contribution in [1.29, 1.82) is 0 Å². The molecule has 0 unspecified atom stereocenters. The third kappa shape index (κ3) is 4.55. The van der Waals surface area contributed by atoms with E-state index in [9.17, 15) is 0 Å². The fraction of sp³-hybridized carbons (Fsp3) is 0.667. The van der Waals surface area contributed by atoms with Crippen LogP contribution in [0.5, 0.6) is 0 Å². The molecule has 0 saturated carbocycles. The van der Waals surface area contributed by atoms with Gasteiger partial charge in [0.1, 0.15) is 0 Å². The molecule has 2 heterocycles. The molecule has 1 N–H and O–H groups in total. The summed E-state index contributed by atoms with van der Waals surface area (Å²) in [6, 6.07) is 10.9. The maximum Gasteiger partial charge on any atom is 0.193 e. The lowest BCUT2D eigenvalue weighted by atomic mass is 9.74. The summed E-state index contributed by atoms with van der Waals surface area (Å²) in [7, 11) is 0. The van der Waals surface area contributed by atoms with E-state index in [0.29, 0.717) is 0 Å². The number of hydrogen-bond donors (Lipinski definition) is 1. The van der Waals surface area contributed by atoms with Crippen LogP contribution in [0, 0.1) is 5.92 Å². The molecule has 0 radical (unpaired) electrons. The SMILES string of the molecule is CCNC(=NCC1(c2ccccc2)CCOCC1)N1CCC(C)CC1. The van der Waals surface area contributed by atoms with E-state index in [0.717, 1.165) is 64.1 Å². The summed E-state index contributed by atoms with van der Waals surface area (Å²) in [4.78, 5) is 7.56. The van der Waals surface area contributed by atoms with Crippen LogP contribution < -0.4 is 5.32 Å². The second kappa shape index (κ2) is 8.70. The van der Waals surface area contributed by atoms with Crippen LogP contribution in [-0.4, -0.2) is 50.3 Å². The first kappa shape index (κ1) is 18.2. The molecule has 25 heavy (non-hydrogen) atoms. The minimum absolute atomic E-state index is 0.114. The monoisotopic (exact) mass is 343 g/mol. The zero-order valence-electron chi connectivity index (χ0n) is 15.8. The fourth-order valence-electron chi connectivity index (χ4n) is 3.96. The molecule has 0 spiro atoms. The maximum absolute atomic E-state index is 5.65. The molecule has 2 aliphatic rings. The van der Waals surface area contributed by atoms with Gasteiger partial charge in [0.15, 0.2) is 5.96 Å². The zero-order valence-corrected chi connectivity index (χ0v) is 15.8. The maximum atomic E-state index is 5.65. The molecular weight excluding hydrogens is 310 g/mol. The van der Waals surface area contributed by atoms with Crippen LogP contribution in [-0.2, 0) is 10.2 Å². The summed E-state index contributed by atoms with van der Waals surface area (Å²) in [5.41, 5.74) is 1.52. The van der Waals surface area contributed by atoms with Crippen LogP contribution >= 0.6 is 0 Å². The number of rotatable bonds is 4. The second-order valence-electron chi connectivity index (χ2n) is 7.60. The van der Waals surface area contributed by atoms with Crippen LogP contribution in [0.4, 0.5) is 0 Å². The standard InChI is InChI=1S/C21H33N3O/c1-3-22-20(24-13-9-18(2)10-14-24)23-17-21(11-15-25-16-12-21)19-7-5-4-6-8-19/h4-8,18H,3,9-17H2,1-2H3,(H,22,23). The van der Waals surface area contributed by atoms with Gasteiger partial charge in [-0.15, -0.1) is 0 Å². The van der Waals surface area contributed by atoms with Crippen LogP contribution in [0.15, 0.2) is 35.3 Å². The molecule has 1 aromatic rings. The van der Waals surface area contributed by atoms with Crippen molar-refractivity contribution in [3.05, 3.63) is 35.9 Å². The van der Waals surface area contributed by atoms with Crippen LogP contribution in [0.1, 0.15) is 45.1 Å². The topological polar surface area (TPSA) is 36.9 Å². The number of piperidine rings is 1. The van der Waals surface area contributed by atoms with Crippen molar-refractivity contribution in [3.8, 4) is 0 Å². The smallest absolute Gasteiger partial charge is 0.193 e. The number of guanidine groups is 1. The summed E-state index contributed by atoms with van der Waals surface area (Å²) in [5.74, 6) is 1.93. The number of nitrogens with zero attached hydrogens (tertiary/aromatic N) is 2. The predicted octanol–water partition coefficient (Wildman–Crippen LogP) is 3.43. The molecule has 0 aromatic heterocycles. The summed E-state index contributed by atoms with van der Waals surface area (Å²) < 4.78 is 5.65. The Kier molecular flexibility index (Phi) is 6.35. The minimum atomic E-state index is 0.114. The van der Waals surface area contributed by atoms with Gasteiger partial charge in [0, 0.05) is 38.3 Å². The Bertz CT molecular complexity index is 544. The molecule has 4 heteroatoms. The number of aliphatic imine (C=N–C) groups is 1. The van der Waals surface area contributed by atoms with Crippen LogP contribution in [0.2, 0.25) is 0 Å². The van der Waals surface area contributed by atoms with Crippen molar-refractivity contribution < 1.29 is 4.74 Å². The molecule has 3 rings (SSSR count). The molecule has 2 aliphatic heterocycles. The van der Waals surface area contributed by atoms with Gasteiger partial charge >= 0.3 is 0 Å².